The van der Waals surface area contributed by atoms with E-state index in [9.17, 15) is 4.79 Å². The van der Waals surface area contributed by atoms with E-state index in [0.717, 1.165) is 17.1 Å². The van der Waals surface area contributed by atoms with Crippen molar-refractivity contribution in [2.24, 2.45) is 0 Å². The van der Waals surface area contributed by atoms with Gasteiger partial charge in [0.05, 0.1) is 0 Å². The smallest absolute Gasteiger partial charge is 0.251 e. The molecule has 0 atom stereocenters. The van der Waals surface area contributed by atoms with E-state index in [1.165, 1.54) is 11.1 Å². The Morgan fingerprint density at radius 1 is 1.00 bits per heavy atom. The van der Waals surface area contributed by atoms with Crippen molar-refractivity contribution >= 4 is 29.3 Å². The summed E-state index contributed by atoms with van der Waals surface area (Å²) >= 11 is 7.97. The van der Waals surface area contributed by atoms with Gasteiger partial charge < -0.3 is 10.1 Å². The SMILES string of the molecule is Cc1ccccc1CSCCNC(=O)c1cccc(OCc2ccccc2Cl)c1. The van der Waals surface area contributed by atoms with Crippen LogP contribution in [-0.4, -0.2) is 18.2 Å². The second-order valence-electron chi connectivity index (χ2n) is 6.64. The van der Waals surface area contributed by atoms with Crippen molar-refractivity contribution in [1.82, 2.24) is 5.32 Å². The molecule has 0 aliphatic heterocycles. The van der Waals surface area contributed by atoms with E-state index in [1.54, 1.807) is 12.1 Å². The molecule has 3 rings (SSSR count). The summed E-state index contributed by atoms with van der Waals surface area (Å²) in [5.74, 6) is 2.37. The first-order valence-corrected chi connectivity index (χ1v) is 11.0. The van der Waals surface area contributed by atoms with E-state index in [-0.39, 0.29) is 5.91 Å². The van der Waals surface area contributed by atoms with Gasteiger partial charge in [-0.1, -0.05) is 60.1 Å². The summed E-state index contributed by atoms with van der Waals surface area (Å²) < 4.78 is 5.80. The van der Waals surface area contributed by atoms with Crippen molar-refractivity contribution in [3.63, 3.8) is 0 Å². The lowest BCUT2D eigenvalue weighted by atomic mass is 10.1. The predicted molar refractivity (Wildman–Crippen MR) is 122 cm³/mol. The summed E-state index contributed by atoms with van der Waals surface area (Å²) in [7, 11) is 0. The predicted octanol–water partition coefficient (Wildman–Crippen LogP) is 5.89. The quantitative estimate of drug-likeness (QED) is 0.434. The number of ether oxygens (including phenoxy) is 1. The van der Waals surface area contributed by atoms with Crippen LogP contribution >= 0.6 is 23.4 Å². The second kappa shape index (κ2) is 10.9. The van der Waals surface area contributed by atoms with Crippen LogP contribution in [-0.2, 0) is 12.4 Å². The Morgan fingerprint density at radius 3 is 2.55 bits per heavy atom. The summed E-state index contributed by atoms with van der Waals surface area (Å²) in [4.78, 5) is 12.4. The van der Waals surface area contributed by atoms with Crippen LogP contribution < -0.4 is 10.1 Å². The molecule has 0 heterocycles. The number of rotatable bonds is 9. The Bertz CT molecular complexity index is 961. The van der Waals surface area contributed by atoms with Crippen LogP contribution in [0.5, 0.6) is 5.75 Å². The van der Waals surface area contributed by atoms with Gasteiger partial charge in [-0.05, 0) is 42.3 Å². The van der Waals surface area contributed by atoms with Crippen LogP contribution in [0.4, 0.5) is 0 Å². The highest BCUT2D eigenvalue weighted by Gasteiger charge is 2.07. The number of aryl methyl sites for hydroxylation is 1. The number of halogens is 1. The van der Waals surface area contributed by atoms with Crippen molar-refractivity contribution in [3.8, 4) is 5.75 Å². The van der Waals surface area contributed by atoms with Crippen molar-refractivity contribution < 1.29 is 9.53 Å². The van der Waals surface area contributed by atoms with E-state index in [0.29, 0.717) is 29.5 Å². The van der Waals surface area contributed by atoms with Crippen molar-refractivity contribution in [3.05, 3.63) is 100 Å². The molecule has 0 saturated heterocycles. The van der Waals surface area contributed by atoms with Gasteiger partial charge in [0.15, 0.2) is 0 Å². The Kier molecular flexibility index (Phi) is 8.03. The topological polar surface area (TPSA) is 38.3 Å². The molecule has 0 aromatic heterocycles. The summed E-state index contributed by atoms with van der Waals surface area (Å²) in [6, 6.07) is 23.2. The third-order valence-corrected chi connectivity index (χ3v) is 5.88. The molecule has 1 amide bonds. The number of hydrogen-bond acceptors (Lipinski definition) is 3. The summed E-state index contributed by atoms with van der Waals surface area (Å²) in [6.07, 6.45) is 0. The molecule has 150 valence electrons. The molecule has 0 fully saturated rings. The fraction of sp³-hybridized carbons (Fsp3) is 0.208. The third-order valence-electron chi connectivity index (χ3n) is 4.50. The number of thioether (sulfide) groups is 1. The standard InChI is InChI=1S/C24H24ClNO2S/c1-18-7-2-3-9-21(18)17-29-14-13-26-24(27)19-10-6-11-22(15-19)28-16-20-8-4-5-12-23(20)25/h2-12,15H,13-14,16-17H2,1H3,(H,26,27). The normalized spacial score (nSPS) is 10.6. The highest BCUT2D eigenvalue weighted by molar-refractivity contribution is 7.98. The van der Waals surface area contributed by atoms with Crippen LogP contribution in [0.2, 0.25) is 5.02 Å². The van der Waals surface area contributed by atoms with E-state index < -0.39 is 0 Å². The van der Waals surface area contributed by atoms with Gasteiger partial charge in [-0.3, -0.25) is 4.79 Å². The molecule has 0 aliphatic carbocycles. The fourth-order valence-electron chi connectivity index (χ4n) is 2.80. The average Bonchev–Trinajstić information content (AvgIpc) is 2.74. The van der Waals surface area contributed by atoms with Crippen LogP contribution in [0.3, 0.4) is 0 Å². The fourth-order valence-corrected chi connectivity index (χ4v) is 3.92. The highest BCUT2D eigenvalue weighted by atomic mass is 35.5. The first-order valence-electron chi connectivity index (χ1n) is 9.50. The molecule has 3 nitrogen and oxygen atoms in total. The maximum absolute atomic E-state index is 12.4. The number of amides is 1. The van der Waals surface area contributed by atoms with Crippen molar-refractivity contribution in [2.75, 3.05) is 12.3 Å². The number of nitrogens with one attached hydrogen (secondary N) is 1. The van der Waals surface area contributed by atoms with Gasteiger partial charge in [0.1, 0.15) is 12.4 Å². The minimum Gasteiger partial charge on any atom is -0.489 e. The Labute approximate surface area is 181 Å². The molecule has 29 heavy (non-hydrogen) atoms. The average molecular weight is 426 g/mol. The molecular formula is C24H24ClNO2S. The lowest BCUT2D eigenvalue weighted by molar-refractivity contribution is 0.0955. The van der Waals surface area contributed by atoms with Gasteiger partial charge in [-0.15, -0.1) is 0 Å². The molecule has 0 unspecified atom stereocenters. The van der Waals surface area contributed by atoms with E-state index >= 15 is 0 Å². The molecule has 0 bridgehead atoms. The van der Waals surface area contributed by atoms with Crippen LogP contribution in [0, 0.1) is 6.92 Å². The third kappa shape index (κ3) is 6.55. The van der Waals surface area contributed by atoms with Gasteiger partial charge >= 0.3 is 0 Å². The Morgan fingerprint density at radius 2 is 1.76 bits per heavy atom. The van der Waals surface area contributed by atoms with Gasteiger partial charge in [0.2, 0.25) is 0 Å². The molecule has 5 heteroatoms. The Balaban J connectivity index is 1.44. The number of carbonyl (C=O) groups is 1. The maximum atomic E-state index is 12.4. The molecule has 3 aromatic rings. The lowest BCUT2D eigenvalue weighted by Gasteiger charge is -2.10. The van der Waals surface area contributed by atoms with Gasteiger partial charge in [0.25, 0.3) is 5.91 Å². The van der Waals surface area contributed by atoms with Gasteiger partial charge in [-0.2, -0.15) is 11.8 Å². The molecule has 0 spiro atoms. The maximum Gasteiger partial charge on any atom is 0.251 e. The largest absolute Gasteiger partial charge is 0.489 e. The molecule has 0 aliphatic rings. The van der Waals surface area contributed by atoms with Gasteiger partial charge in [0, 0.05) is 34.2 Å². The first-order chi connectivity index (χ1) is 14.1. The minimum atomic E-state index is -0.0929. The summed E-state index contributed by atoms with van der Waals surface area (Å²) in [5.41, 5.74) is 4.14. The van der Waals surface area contributed by atoms with E-state index in [1.807, 2.05) is 48.2 Å². The monoisotopic (exact) mass is 425 g/mol. The summed E-state index contributed by atoms with van der Waals surface area (Å²) in [5, 5.41) is 3.64. The van der Waals surface area contributed by atoms with E-state index in [2.05, 4.69) is 36.5 Å². The molecule has 0 saturated carbocycles. The van der Waals surface area contributed by atoms with Crippen molar-refractivity contribution in [2.45, 2.75) is 19.3 Å². The lowest BCUT2D eigenvalue weighted by Crippen LogP contribution is -2.25. The first kappa shape index (κ1) is 21.3. The van der Waals surface area contributed by atoms with Crippen molar-refractivity contribution in [1.29, 1.82) is 0 Å². The minimum absolute atomic E-state index is 0.0929. The number of benzene rings is 3. The van der Waals surface area contributed by atoms with Crippen LogP contribution in [0.15, 0.2) is 72.8 Å². The van der Waals surface area contributed by atoms with Crippen LogP contribution in [0.1, 0.15) is 27.0 Å². The second-order valence-corrected chi connectivity index (χ2v) is 8.16. The van der Waals surface area contributed by atoms with Gasteiger partial charge in [-0.25, -0.2) is 0 Å². The van der Waals surface area contributed by atoms with E-state index in [4.69, 9.17) is 16.3 Å². The molecule has 3 aromatic carbocycles. The van der Waals surface area contributed by atoms with Crippen LogP contribution in [0.25, 0.3) is 0 Å². The zero-order chi connectivity index (χ0) is 20.5. The zero-order valence-electron chi connectivity index (χ0n) is 16.4. The molecule has 0 radical (unpaired) electrons. The molecular weight excluding hydrogens is 402 g/mol. The Hall–Kier alpha value is -2.43. The number of carbonyl (C=O) groups excluding carboxylic acids is 1. The number of hydrogen-bond donors (Lipinski definition) is 1. The zero-order valence-corrected chi connectivity index (χ0v) is 17.9. The highest BCUT2D eigenvalue weighted by Crippen LogP contribution is 2.20. The summed E-state index contributed by atoms with van der Waals surface area (Å²) in [6.45, 7) is 3.11. The molecule has 1 N–H and O–H groups in total.